The van der Waals surface area contributed by atoms with Crippen molar-refractivity contribution in [2.45, 2.75) is 0 Å². The summed E-state index contributed by atoms with van der Waals surface area (Å²) < 4.78 is 7.21. The average Bonchev–Trinajstić information content (AvgIpc) is 2.65. The number of rotatable bonds is 5. The summed E-state index contributed by atoms with van der Waals surface area (Å²) in [6.45, 7) is 1.23. The Morgan fingerprint density at radius 3 is 2.76 bits per heavy atom. The Morgan fingerprint density at radius 1 is 1.35 bits per heavy atom. The van der Waals surface area contributed by atoms with Crippen molar-refractivity contribution in [2.75, 3.05) is 24.2 Å². The summed E-state index contributed by atoms with van der Waals surface area (Å²) in [5.41, 5.74) is 6.39. The van der Waals surface area contributed by atoms with Crippen LogP contribution in [0, 0.1) is 0 Å². The van der Waals surface area contributed by atoms with Gasteiger partial charge >= 0.3 is 0 Å². The smallest absolute Gasteiger partial charge is 0.171 e. The number of benzene rings is 1. The van der Waals surface area contributed by atoms with E-state index >= 15 is 0 Å². The lowest BCUT2D eigenvalue weighted by molar-refractivity contribution is 0.332. The first kappa shape index (κ1) is 11.3. The number of anilines is 2. The molecule has 0 fully saturated rings. The highest BCUT2D eigenvalue weighted by Gasteiger charge is 2.02. The van der Waals surface area contributed by atoms with E-state index in [-0.39, 0.29) is 0 Å². The average molecular weight is 232 g/mol. The molecule has 2 aromatic rings. The van der Waals surface area contributed by atoms with E-state index in [2.05, 4.69) is 10.4 Å². The quantitative estimate of drug-likeness (QED) is 0.767. The summed E-state index contributed by atoms with van der Waals surface area (Å²) in [5, 5.41) is 7.30. The van der Waals surface area contributed by atoms with Crippen LogP contribution in [0.5, 0.6) is 5.75 Å². The van der Waals surface area contributed by atoms with E-state index in [0.29, 0.717) is 24.7 Å². The van der Waals surface area contributed by atoms with Gasteiger partial charge in [0.15, 0.2) is 5.82 Å². The molecule has 5 heteroatoms. The Labute approximate surface area is 100 Å². The Balaban J connectivity index is 1.75. The van der Waals surface area contributed by atoms with Crippen molar-refractivity contribution in [3.8, 4) is 5.75 Å². The number of nitrogens with two attached hydrogens (primary N) is 1. The van der Waals surface area contributed by atoms with Crippen molar-refractivity contribution in [3.05, 3.63) is 36.5 Å². The van der Waals surface area contributed by atoms with Crippen LogP contribution in [0.25, 0.3) is 0 Å². The van der Waals surface area contributed by atoms with Gasteiger partial charge in [-0.05, 0) is 12.1 Å². The summed E-state index contributed by atoms with van der Waals surface area (Å²) in [6.07, 6.45) is 1.76. The summed E-state index contributed by atoms with van der Waals surface area (Å²) in [7, 11) is 1.84. The number of hydrogen-bond donors (Lipinski definition) is 2. The van der Waals surface area contributed by atoms with E-state index in [1.807, 2.05) is 37.4 Å². The highest BCUT2D eigenvalue weighted by molar-refractivity contribution is 5.59. The van der Waals surface area contributed by atoms with Crippen molar-refractivity contribution < 1.29 is 4.74 Å². The van der Waals surface area contributed by atoms with Gasteiger partial charge in [-0.3, -0.25) is 4.68 Å². The molecule has 1 aromatic heterocycles. The van der Waals surface area contributed by atoms with Crippen LogP contribution in [0.3, 0.4) is 0 Å². The number of aromatic nitrogens is 2. The van der Waals surface area contributed by atoms with Crippen molar-refractivity contribution >= 4 is 11.5 Å². The lowest BCUT2D eigenvalue weighted by atomic mass is 10.3. The molecule has 3 N–H and O–H groups in total. The highest BCUT2D eigenvalue weighted by Crippen LogP contribution is 2.13. The zero-order chi connectivity index (χ0) is 12.1. The van der Waals surface area contributed by atoms with Crippen molar-refractivity contribution in [1.82, 2.24) is 9.78 Å². The molecule has 0 saturated carbocycles. The van der Waals surface area contributed by atoms with Crippen molar-refractivity contribution in [3.63, 3.8) is 0 Å². The van der Waals surface area contributed by atoms with Crippen LogP contribution in [0.15, 0.2) is 36.5 Å². The van der Waals surface area contributed by atoms with Gasteiger partial charge in [-0.25, -0.2) is 0 Å². The lowest BCUT2D eigenvalue weighted by Crippen LogP contribution is -2.12. The topological polar surface area (TPSA) is 65.1 Å². The van der Waals surface area contributed by atoms with Gasteiger partial charge in [0.1, 0.15) is 12.4 Å². The molecule has 0 unspecified atom stereocenters. The van der Waals surface area contributed by atoms with Crippen molar-refractivity contribution in [2.24, 2.45) is 7.05 Å². The Kier molecular flexibility index (Phi) is 3.49. The SMILES string of the molecule is Cn1cc(N)c(NCCOc2ccccc2)n1. The maximum absolute atomic E-state index is 5.75. The van der Waals surface area contributed by atoms with Gasteiger partial charge in [0.2, 0.25) is 0 Å². The molecule has 2 rings (SSSR count). The first-order valence-electron chi connectivity index (χ1n) is 5.46. The highest BCUT2D eigenvalue weighted by atomic mass is 16.5. The zero-order valence-corrected chi connectivity index (χ0v) is 9.76. The number of aryl methyl sites for hydroxylation is 1. The second-order valence-corrected chi connectivity index (χ2v) is 3.70. The predicted octanol–water partition coefficient (Wildman–Crippen LogP) is 1.49. The third-order valence-corrected chi connectivity index (χ3v) is 2.26. The fraction of sp³-hybridized carbons (Fsp3) is 0.250. The molecule has 0 aliphatic rings. The summed E-state index contributed by atoms with van der Waals surface area (Å²) in [5.74, 6) is 1.56. The molecular weight excluding hydrogens is 216 g/mol. The van der Waals surface area contributed by atoms with Gasteiger partial charge in [0.25, 0.3) is 0 Å². The van der Waals surface area contributed by atoms with E-state index in [1.165, 1.54) is 0 Å². The Hall–Kier alpha value is -2.17. The largest absolute Gasteiger partial charge is 0.492 e. The summed E-state index contributed by atoms with van der Waals surface area (Å²) in [4.78, 5) is 0. The number of nitrogens with one attached hydrogen (secondary N) is 1. The number of hydrogen-bond acceptors (Lipinski definition) is 4. The summed E-state index contributed by atoms with van der Waals surface area (Å²) >= 11 is 0. The first-order valence-corrected chi connectivity index (χ1v) is 5.46. The minimum Gasteiger partial charge on any atom is -0.492 e. The fourth-order valence-corrected chi connectivity index (χ4v) is 1.50. The first-order chi connectivity index (χ1) is 8.25. The molecule has 0 saturated heterocycles. The standard InChI is InChI=1S/C12H16N4O/c1-16-9-11(13)12(15-16)14-7-8-17-10-5-3-2-4-6-10/h2-6,9H,7-8,13H2,1H3,(H,14,15). The van der Waals surface area contributed by atoms with E-state index in [1.54, 1.807) is 10.9 Å². The molecule has 0 bridgehead atoms. The van der Waals surface area contributed by atoms with Crippen LogP contribution in [-0.2, 0) is 7.05 Å². The van der Waals surface area contributed by atoms with E-state index in [9.17, 15) is 0 Å². The monoisotopic (exact) mass is 232 g/mol. The van der Waals surface area contributed by atoms with Crippen LogP contribution in [0.4, 0.5) is 11.5 Å². The van der Waals surface area contributed by atoms with Crippen LogP contribution in [0.2, 0.25) is 0 Å². The third-order valence-electron chi connectivity index (χ3n) is 2.26. The Bertz CT molecular complexity index is 467. The van der Waals surface area contributed by atoms with Gasteiger partial charge < -0.3 is 15.8 Å². The van der Waals surface area contributed by atoms with Gasteiger partial charge in [0.05, 0.1) is 12.2 Å². The molecule has 0 radical (unpaired) electrons. The fourth-order valence-electron chi connectivity index (χ4n) is 1.50. The third kappa shape index (κ3) is 3.14. The predicted molar refractivity (Wildman–Crippen MR) is 68.0 cm³/mol. The minimum atomic E-state index is 0.569. The molecular formula is C12H16N4O. The molecule has 5 nitrogen and oxygen atoms in total. The van der Waals surface area contributed by atoms with E-state index < -0.39 is 0 Å². The van der Waals surface area contributed by atoms with Crippen LogP contribution in [-0.4, -0.2) is 22.9 Å². The molecule has 0 amide bonds. The zero-order valence-electron chi connectivity index (χ0n) is 9.76. The normalized spacial score (nSPS) is 10.2. The van der Waals surface area contributed by atoms with Gasteiger partial charge in [-0.1, -0.05) is 18.2 Å². The van der Waals surface area contributed by atoms with Crippen LogP contribution >= 0.6 is 0 Å². The molecule has 17 heavy (non-hydrogen) atoms. The van der Waals surface area contributed by atoms with Gasteiger partial charge in [-0.15, -0.1) is 0 Å². The molecule has 0 aliphatic heterocycles. The molecule has 0 aliphatic carbocycles. The maximum atomic E-state index is 5.75. The second-order valence-electron chi connectivity index (χ2n) is 3.70. The second kappa shape index (κ2) is 5.25. The maximum Gasteiger partial charge on any atom is 0.171 e. The molecule has 0 atom stereocenters. The molecule has 0 spiro atoms. The lowest BCUT2D eigenvalue weighted by Gasteiger charge is -2.06. The number of nitrogen functional groups attached to an aromatic ring is 1. The van der Waals surface area contributed by atoms with E-state index in [4.69, 9.17) is 10.5 Å². The van der Waals surface area contributed by atoms with Crippen LogP contribution < -0.4 is 15.8 Å². The van der Waals surface area contributed by atoms with Crippen LogP contribution in [0.1, 0.15) is 0 Å². The summed E-state index contributed by atoms with van der Waals surface area (Å²) in [6, 6.07) is 9.70. The molecule has 1 heterocycles. The number of nitrogens with zero attached hydrogens (tertiary/aromatic N) is 2. The molecule has 1 aromatic carbocycles. The van der Waals surface area contributed by atoms with E-state index in [0.717, 1.165) is 5.75 Å². The Morgan fingerprint density at radius 2 is 2.12 bits per heavy atom. The molecule has 90 valence electrons. The van der Waals surface area contributed by atoms with Gasteiger partial charge in [0, 0.05) is 13.2 Å². The number of para-hydroxylation sites is 1. The number of ether oxygens (including phenoxy) is 1. The van der Waals surface area contributed by atoms with Gasteiger partial charge in [-0.2, -0.15) is 5.10 Å². The minimum absolute atomic E-state index is 0.569. The van der Waals surface area contributed by atoms with Crippen molar-refractivity contribution in [1.29, 1.82) is 0 Å².